The first-order chi connectivity index (χ1) is 21.6. The van der Waals surface area contributed by atoms with Gasteiger partial charge < -0.3 is 72.9 Å². The van der Waals surface area contributed by atoms with Crippen LogP contribution in [0.5, 0.6) is 34.5 Å². The molecule has 4 aliphatic rings. The Bertz CT molecular complexity index is 1420. The monoisotopic (exact) mass is 638 g/mol. The standard InChI is InChI=1S/C29H34O16/c1-36-15-6-19-18(42-11-43-19)4-12(15)14-8-39-16-7-20(17(37-2)5-13(16)22(14)30)44-27-25(33)24(32)23(31)21(45-27)9-40-28-26(34)29(35,38-3)10-41-28/h4-7,14,21,23-28,31-35H,8-11H2,1-3H3. The second-order valence-electron chi connectivity index (χ2n) is 10.8. The summed E-state index contributed by atoms with van der Waals surface area (Å²) in [6.07, 6.45) is -10.8. The quantitative estimate of drug-likeness (QED) is 0.210. The van der Waals surface area contributed by atoms with Crippen molar-refractivity contribution in [2.75, 3.05) is 47.9 Å². The highest BCUT2D eigenvalue weighted by molar-refractivity contribution is 6.05. The molecule has 4 heterocycles. The molecule has 2 fully saturated rings. The number of ketones is 1. The molecule has 0 bridgehead atoms. The van der Waals surface area contributed by atoms with Gasteiger partial charge in [0.25, 0.3) is 0 Å². The van der Waals surface area contributed by atoms with Crippen LogP contribution in [-0.4, -0.2) is 128 Å². The van der Waals surface area contributed by atoms with E-state index in [-0.39, 0.29) is 48.6 Å². The molecule has 0 spiro atoms. The average Bonchev–Trinajstić information content (AvgIpc) is 3.63. The van der Waals surface area contributed by atoms with Gasteiger partial charge in [-0.05, 0) is 12.1 Å². The second-order valence-corrected chi connectivity index (χ2v) is 10.8. The van der Waals surface area contributed by atoms with E-state index < -0.39 is 61.4 Å². The van der Waals surface area contributed by atoms with Crippen LogP contribution < -0.4 is 28.4 Å². The summed E-state index contributed by atoms with van der Waals surface area (Å²) in [5.41, 5.74) is 0.756. The third-order valence-electron chi connectivity index (χ3n) is 8.22. The van der Waals surface area contributed by atoms with Gasteiger partial charge in [-0.25, -0.2) is 0 Å². The van der Waals surface area contributed by atoms with E-state index in [0.29, 0.717) is 22.8 Å². The van der Waals surface area contributed by atoms with Crippen LogP contribution in [0.4, 0.5) is 0 Å². The largest absolute Gasteiger partial charge is 0.496 e. The number of benzene rings is 2. The molecule has 2 aromatic carbocycles. The Hall–Kier alpha value is -3.45. The number of Topliss-reactive ketones (excluding diaryl/α,β-unsaturated/α-hetero) is 1. The van der Waals surface area contributed by atoms with Gasteiger partial charge in [0.15, 0.2) is 41.2 Å². The molecule has 0 radical (unpaired) electrons. The van der Waals surface area contributed by atoms with Crippen molar-refractivity contribution in [2.45, 2.75) is 54.8 Å². The highest BCUT2D eigenvalue weighted by Crippen LogP contribution is 2.46. The number of carbonyl (C=O) groups excluding carboxylic acids is 1. The van der Waals surface area contributed by atoms with E-state index in [4.69, 9.17) is 47.4 Å². The molecule has 6 rings (SSSR count). The molecule has 0 amide bonds. The summed E-state index contributed by atoms with van der Waals surface area (Å²) in [7, 11) is 4.02. The topological polar surface area (TPSA) is 211 Å². The number of carbonyl (C=O) groups is 1. The maximum Gasteiger partial charge on any atom is 0.231 e. The van der Waals surface area contributed by atoms with Crippen LogP contribution in [0, 0.1) is 0 Å². The molecule has 4 aliphatic heterocycles. The number of fused-ring (bicyclic) bond motifs is 2. The summed E-state index contributed by atoms with van der Waals surface area (Å²) < 4.78 is 55.0. The third kappa shape index (κ3) is 5.62. The van der Waals surface area contributed by atoms with Gasteiger partial charge in [-0.1, -0.05) is 0 Å². The highest BCUT2D eigenvalue weighted by atomic mass is 16.8. The van der Waals surface area contributed by atoms with Crippen LogP contribution >= 0.6 is 0 Å². The first-order valence-corrected chi connectivity index (χ1v) is 14.0. The minimum absolute atomic E-state index is 0.00942. The molecular formula is C29H34O16. The molecule has 16 nitrogen and oxygen atoms in total. The van der Waals surface area contributed by atoms with Crippen LogP contribution in [0.15, 0.2) is 24.3 Å². The third-order valence-corrected chi connectivity index (χ3v) is 8.22. The summed E-state index contributed by atoms with van der Waals surface area (Å²) in [6, 6.07) is 6.16. The van der Waals surface area contributed by atoms with Crippen LogP contribution in [0.2, 0.25) is 0 Å². The molecule has 0 aromatic heterocycles. The first kappa shape index (κ1) is 31.5. The molecule has 16 heteroatoms. The van der Waals surface area contributed by atoms with Gasteiger partial charge in [-0.15, -0.1) is 0 Å². The van der Waals surface area contributed by atoms with Gasteiger partial charge in [0.1, 0.15) is 49.1 Å². The fourth-order valence-corrected chi connectivity index (χ4v) is 5.54. The molecule has 9 atom stereocenters. The number of ether oxygens (including phenoxy) is 10. The zero-order valence-corrected chi connectivity index (χ0v) is 24.5. The van der Waals surface area contributed by atoms with Gasteiger partial charge >= 0.3 is 0 Å². The molecule has 9 unspecified atom stereocenters. The van der Waals surface area contributed by atoms with Crippen molar-refractivity contribution in [3.05, 3.63) is 35.4 Å². The van der Waals surface area contributed by atoms with Gasteiger partial charge in [0, 0.05) is 24.8 Å². The number of aliphatic hydroxyl groups is 5. The summed E-state index contributed by atoms with van der Waals surface area (Å²) in [5.74, 6) is -1.30. The Morgan fingerprint density at radius 3 is 2.24 bits per heavy atom. The Labute approximate surface area is 256 Å². The SMILES string of the molecule is COc1cc2c(cc1OC1OC(COC3OCC(O)(OC)C3O)C(O)C(O)C1O)OCC(c1cc3c(cc1OC)OCO3)C2=O. The highest BCUT2D eigenvalue weighted by Gasteiger charge is 2.51. The van der Waals surface area contributed by atoms with Gasteiger partial charge in [-0.3, -0.25) is 4.79 Å². The zero-order chi connectivity index (χ0) is 32.0. The Morgan fingerprint density at radius 1 is 0.844 bits per heavy atom. The predicted molar refractivity (Wildman–Crippen MR) is 146 cm³/mol. The number of aliphatic hydroxyl groups excluding tert-OH is 4. The summed E-state index contributed by atoms with van der Waals surface area (Å²) in [6.45, 7) is -0.784. The van der Waals surface area contributed by atoms with Crippen molar-refractivity contribution in [1.29, 1.82) is 0 Å². The number of hydrogen-bond donors (Lipinski definition) is 5. The predicted octanol–water partition coefficient (Wildman–Crippen LogP) is -0.953. The molecule has 0 saturated carbocycles. The molecule has 2 aromatic rings. The van der Waals surface area contributed by atoms with Crippen molar-refractivity contribution in [1.82, 2.24) is 0 Å². The molecule has 2 saturated heterocycles. The molecular weight excluding hydrogens is 604 g/mol. The molecule has 246 valence electrons. The van der Waals surface area contributed by atoms with Crippen LogP contribution in [-0.2, 0) is 18.9 Å². The smallest absolute Gasteiger partial charge is 0.231 e. The Kier molecular flexibility index (Phi) is 8.68. The summed E-state index contributed by atoms with van der Waals surface area (Å²) in [5, 5.41) is 52.2. The average molecular weight is 639 g/mol. The van der Waals surface area contributed by atoms with Crippen LogP contribution in [0.3, 0.4) is 0 Å². The molecule has 45 heavy (non-hydrogen) atoms. The maximum atomic E-state index is 13.7. The fourth-order valence-electron chi connectivity index (χ4n) is 5.54. The second kappa shape index (κ2) is 12.4. The minimum atomic E-state index is -1.99. The van der Waals surface area contributed by atoms with Gasteiger partial charge in [0.05, 0.1) is 32.3 Å². The van der Waals surface area contributed by atoms with Gasteiger partial charge in [0.2, 0.25) is 18.9 Å². The first-order valence-electron chi connectivity index (χ1n) is 14.0. The minimum Gasteiger partial charge on any atom is -0.496 e. The summed E-state index contributed by atoms with van der Waals surface area (Å²) in [4.78, 5) is 13.7. The fraction of sp³-hybridized carbons (Fsp3) is 0.552. The lowest BCUT2D eigenvalue weighted by molar-refractivity contribution is -0.290. The number of hydrogen-bond acceptors (Lipinski definition) is 16. The van der Waals surface area contributed by atoms with Crippen molar-refractivity contribution < 1.29 is 77.7 Å². The normalized spacial score (nSPS) is 33.8. The number of methoxy groups -OCH3 is 3. The summed E-state index contributed by atoms with van der Waals surface area (Å²) >= 11 is 0. The van der Waals surface area contributed by atoms with E-state index >= 15 is 0 Å². The lowest BCUT2D eigenvalue weighted by Gasteiger charge is -2.40. The van der Waals surface area contributed by atoms with Crippen molar-refractivity contribution >= 4 is 5.78 Å². The van der Waals surface area contributed by atoms with E-state index in [0.717, 1.165) is 0 Å². The van der Waals surface area contributed by atoms with E-state index in [1.54, 1.807) is 12.1 Å². The van der Waals surface area contributed by atoms with Gasteiger partial charge in [-0.2, -0.15) is 0 Å². The van der Waals surface area contributed by atoms with E-state index in [9.17, 15) is 30.3 Å². The van der Waals surface area contributed by atoms with Crippen molar-refractivity contribution in [2.24, 2.45) is 0 Å². The zero-order valence-electron chi connectivity index (χ0n) is 24.5. The lowest BCUT2D eigenvalue weighted by atomic mass is 9.88. The van der Waals surface area contributed by atoms with E-state index in [2.05, 4.69) is 0 Å². The Balaban J connectivity index is 1.19. The van der Waals surface area contributed by atoms with Crippen LogP contribution in [0.1, 0.15) is 21.8 Å². The van der Waals surface area contributed by atoms with E-state index in [1.807, 2.05) is 0 Å². The van der Waals surface area contributed by atoms with Crippen molar-refractivity contribution in [3.8, 4) is 34.5 Å². The van der Waals surface area contributed by atoms with Crippen molar-refractivity contribution in [3.63, 3.8) is 0 Å². The molecule has 0 aliphatic carbocycles. The number of rotatable bonds is 9. The van der Waals surface area contributed by atoms with E-state index in [1.165, 1.54) is 33.5 Å². The molecule has 5 N–H and O–H groups in total. The maximum absolute atomic E-state index is 13.7. The lowest BCUT2D eigenvalue weighted by Crippen LogP contribution is -2.60. The van der Waals surface area contributed by atoms with Crippen LogP contribution in [0.25, 0.3) is 0 Å². The Morgan fingerprint density at radius 2 is 1.56 bits per heavy atom.